The van der Waals surface area contributed by atoms with Crippen molar-refractivity contribution >= 4 is 23.4 Å². The zero-order valence-electron chi connectivity index (χ0n) is 15.8. The molecule has 7 heteroatoms. The maximum absolute atomic E-state index is 14.2. The van der Waals surface area contributed by atoms with E-state index in [-0.39, 0.29) is 17.5 Å². The van der Waals surface area contributed by atoms with Crippen molar-refractivity contribution in [3.05, 3.63) is 72.1 Å². The van der Waals surface area contributed by atoms with Gasteiger partial charge in [-0.25, -0.2) is 4.39 Å². The van der Waals surface area contributed by atoms with Crippen LogP contribution in [0.25, 0.3) is 11.4 Å². The van der Waals surface area contributed by atoms with E-state index in [1.807, 2.05) is 32.0 Å². The van der Waals surface area contributed by atoms with Gasteiger partial charge in [-0.2, -0.15) is 0 Å². The van der Waals surface area contributed by atoms with Gasteiger partial charge in [-0.3, -0.25) is 9.36 Å². The third-order valence-electron chi connectivity index (χ3n) is 4.35. The summed E-state index contributed by atoms with van der Waals surface area (Å²) in [6.45, 7) is 8.13. The summed E-state index contributed by atoms with van der Waals surface area (Å²) in [5.41, 5.74) is 3.32. The maximum atomic E-state index is 14.2. The van der Waals surface area contributed by atoms with E-state index in [4.69, 9.17) is 0 Å². The number of carbonyl (C=O) groups excluding carboxylic acids is 1. The molecule has 1 N–H and O–H groups in total. The van der Waals surface area contributed by atoms with Crippen molar-refractivity contribution in [2.75, 3.05) is 11.1 Å². The van der Waals surface area contributed by atoms with Crippen molar-refractivity contribution in [3.8, 4) is 11.4 Å². The topological polar surface area (TPSA) is 59.8 Å². The molecule has 0 bridgehead atoms. The summed E-state index contributed by atoms with van der Waals surface area (Å²) in [5.74, 6) is 0.0686. The van der Waals surface area contributed by atoms with E-state index in [1.165, 1.54) is 17.8 Å². The Morgan fingerprint density at radius 3 is 2.75 bits per heavy atom. The normalized spacial score (nSPS) is 10.7. The van der Waals surface area contributed by atoms with Crippen LogP contribution in [0.5, 0.6) is 0 Å². The van der Waals surface area contributed by atoms with Gasteiger partial charge in [0.05, 0.1) is 11.3 Å². The minimum Gasteiger partial charge on any atom is -0.325 e. The van der Waals surface area contributed by atoms with Gasteiger partial charge in [0.2, 0.25) is 5.91 Å². The third-order valence-corrected chi connectivity index (χ3v) is 5.32. The van der Waals surface area contributed by atoms with Gasteiger partial charge in [-0.1, -0.05) is 42.1 Å². The lowest BCUT2D eigenvalue weighted by atomic mass is 10.1. The molecule has 1 aromatic heterocycles. The van der Waals surface area contributed by atoms with E-state index in [1.54, 1.807) is 28.8 Å². The van der Waals surface area contributed by atoms with Crippen molar-refractivity contribution < 1.29 is 9.18 Å². The predicted molar refractivity (Wildman–Crippen MR) is 111 cm³/mol. The minimum atomic E-state index is -0.371. The number of hydrogen-bond donors (Lipinski definition) is 1. The first-order valence-electron chi connectivity index (χ1n) is 8.79. The van der Waals surface area contributed by atoms with E-state index < -0.39 is 0 Å². The van der Waals surface area contributed by atoms with E-state index >= 15 is 0 Å². The highest BCUT2D eigenvalue weighted by molar-refractivity contribution is 7.99. The molecule has 28 heavy (non-hydrogen) atoms. The second kappa shape index (κ2) is 8.84. The summed E-state index contributed by atoms with van der Waals surface area (Å²) in [5, 5.41) is 11.7. The second-order valence-corrected chi connectivity index (χ2v) is 7.21. The highest BCUT2D eigenvalue weighted by Gasteiger charge is 2.17. The van der Waals surface area contributed by atoms with Gasteiger partial charge < -0.3 is 5.32 Å². The quantitative estimate of drug-likeness (QED) is 0.468. The van der Waals surface area contributed by atoms with E-state index in [9.17, 15) is 9.18 Å². The van der Waals surface area contributed by atoms with Crippen LogP contribution in [0.3, 0.4) is 0 Å². The number of aryl methyl sites for hydroxylation is 1. The summed E-state index contributed by atoms with van der Waals surface area (Å²) < 4.78 is 15.9. The number of nitrogens with zero attached hydrogens (tertiary/aromatic N) is 3. The highest BCUT2D eigenvalue weighted by Crippen LogP contribution is 2.26. The Morgan fingerprint density at radius 2 is 2.00 bits per heavy atom. The van der Waals surface area contributed by atoms with Crippen LogP contribution in [0, 0.1) is 19.7 Å². The molecule has 0 spiro atoms. The number of rotatable bonds is 7. The fourth-order valence-electron chi connectivity index (χ4n) is 2.73. The van der Waals surface area contributed by atoms with Gasteiger partial charge in [-0.05, 0) is 43.2 Å². The lowest BCUT2D eigenvalue weighted by molar-refractivity contribution is -0.113. The molecule has 0 saturated heterocycles. The van der Waals surface area contributed by atoms with Crippen LogP contribution in [0.2, 0.25) is 0 Å². The molecule has 0 atom stereocenters. The van der Waals surface area contributed by atoms with Gasteiger partial charge >= 0.3 is 0 Å². The molecule has 3 rings (SSSR count). The Hall–Kier alpha value is -2.93. The molecule has 0 unspecified atom stereocenters. The molecule has 0 aliphatic carbocycles. The first-order chi connectivity index (χ1) is 13.5. The van der Waals surface area contributed by atoms with Gasteiger partial charge in [0.25, 0.3) is 0 Å². The molecular formula is C21H21FN4OS. The Bertz CT molecular complexity index is 1020. The van der Waals surface area contributed by atoms with E-state index in [0.29, 0.717) is 23.1 Å². The van der Waals surface area contributed by atoms with Gasteiger partial charge in [0.1, 0.15) is 5.82 Å². The molecule has 0 saturated carbocycles. The Labute approximate surface area is 167 Å². The van der Waals surface area contributed by atoms with Crippen LogP contribution in [0.4, 0.5) is 10.1 Å². The van der Waals surface area contributed by atoms with Crippen LogP contribution in [0.1, 0.15) is 11.1 Å². The first-order valence-corrected chi connectivity index (χ1v) is 9.77. The van der Waals surface area contributed by atoms with Crippen molar-refractivity contribution in [2.45, 2.75) is 25.5 Å². The fraction of sp³-hybridized carbons (Fsp3) is 0.190. The average Bonchev–Trinajstić information content (AvgIpc) is 3.07. The number of carbonyl (C=O) groups is 1. The van der Waals surface area contributed by atoms with Crippen LogP contribution >= 0.6 is 11.8 Å². The number of benzene rings is 2. The molecule has 5 nitrogen and oxygen atoms in total. The molecule has 0 radical (unpaired) electrons. The monoisotopic (exact) mass is 396 g/mol. The first kappa shape index (κ1) is 19.8. The fourth-order valence-corrected chi connectivity index (χ4v) is 3.48. The Balaban J connectivity index is 1.75. The number of halogens is 1. The SMILES string of the molecule is C=CCn1c(SCC(=O)Nc2cccc(C)c2C)nnc1-c1ccccc1F. The smallest absolute Gasteiger partial charge is 0.234 e. The number of nitrogens with one attached hydrogen (secondary N) is 1. The molecule has 2 aromatic carbocycles. The van der Waals surface area contributed by atoms with Gasteiger partial charge in [0.15, 0.2) is 11.0 Å². The van der Waals surface area contributed by atoms with Crippen molar-refractivity contribution in [2.24, 2.45) is 0 Å². The summed E-state index contributed by atoms with van der Waals surface area (Å²) in [4.78, 5) is 12.4. The number of thioether (sulfide) groups is 1. The second-order valence-electron chi connectivity index (χ2n) is 6.27. The Morgan fingerprint density at radius 1 is 1.21 bits per heavy atom. The highest BCUT2D eigenvalue weighted by atomic mass is 32.2. The average molecular weight is 396 g/mol. The van der Waals surface area contributed by atoms with E-state index in [2.05, 4.69) is 22.1 Å². The molecule has 1 amide bonds. The number of aromatic nitrogens is 3. The molecular weight excluding hydrogens is 375 g/mol. The molecule has 0 aliphatic heterocycles. The molecule has 3 aromatic rings. The summed E-state index contributed by atoms with van der Waals surface area (Å²) in [7, 11) is 0. The van der Waals surface area contributed by atoms with Crippen LogP contribution in [-0.4, -0.2) is 26.4 Å². The number of allylic oxidation sites excluding steroid dienone is 1. The van der Waals surface area contributed by atoms with Gasteiger partial charge in [0, 0.05) is 12.2 Å². The minimum absolute atomic E-state index is 0.140. The van der Waals surface area contributed by atoms with Crippen LogP contribution in [-0.2, 0) is 11.3 Å². The van der Waals surface area contributed by atoms with Crippen LogP contribution < -0.4 is 5.32 Å². The predicted octanol–water partition coefficient (Wildman–Crippen LogP) is 4.62. The lowest BCUT2D eigenvalue weighted by Crippen LogP contribution is -2.15. The third kappa shape index (κ3) is 4.31. The largest absolute Gasteiger partial charge is 0.325 e. The van der Waals surface area contributed by atoms with Crippen molar-refractivity contribution in [1.29, 1.82) is 0 Å². The molecule has 144 valence electrons. The van der Waals surface area contributed by atoms with Gasteiger partial charge in [-0.15, -0.1) is 16.8 Å². The zero-order valence-corrected chi connectivity index (χ0v) is 16.6. The zero-order chi connectivity index (χ0) is 20.1. The summed E-state index contributed by atoms with van der Waals surface area (Å²) in [6.07, 6.45) is 1.69. The van der Waals surface area contributed by atoms with Crippen molar-refractivity contribution in [1.82, 2.24) is 14.8 Å². The Kier molecular flexibility index (Phi) is 6.26. The molecule has 0 aliphatic rings. The molecule has 1 heterocycles. The molecule has 0 fully saturated rings. The van der Waals surface area contributed by atoms with Crippen LogP contribution in [0.15, 0.2) is 60.3 Å². The summed E-state index contributed by atoms with van der Waals surface area (Å²) >= 11 is 1.25. The number of amides is 1. The summed E-state index contributed by atoms with van der Waals surface area (Å²) in [6, 6.07) is 12.2. The lowest BCUT2D eigenvalue weighted by Gasteiger charge is -2.11. The number of anilines is 1. The van der Waals surface area contributed by atoms with E-state index in [0.717, 1.165) is 16.8 Å². The standard InChI is InChI=1S/C21H21FN4OS/c1-4-12-26-20(16-9-5-6-10-17(16)22)24-25-21(26)28-13-19(27)23-18-11-7-8-14(2)15(18)3/h4-11H,1,12-13H2,2-3H3,(H,23,27). The number of hydrogen-bond acceptors (Lipinski definition) is 4. The van der Waals surface area contributed by atoms with Crippen molar-refractivity contribution in [3.63, 3.8) is 0 Å². The maximum Gasteiger partial charge on any atom is 0.234 e.